The molecule has 0 aromatic carbocycles. The second kappa shape index (κ2) is 5.29. The first-order valence-electron chi connectivity index (χ1n) is 3.39. The van der Waals surface area contributed by atoms with Gasteiger partial charge >= 0.3 is 0 Å². The monoisotopic (exact) mass is 182 g/mol. The summed E-state index contributed by atoms with van der Waals surface area (Å²) in [5, 5.41) is 8.24. The van der Waals surface area contributed by atoms with Crippen LogP contribution in [-0.4, -0.2) is 9.52 Å². The third-order valence-electron chi connectivity index (χ3n) is 1.25. The summed E-state index contributed by atoms with van der Waals surface area (Å²) >= 11 is 7.90. The highest BCUT2D eigenvalue weighted by molar-refractivity contribution is 8.00. The molecule has 0 aliphatic carbocycles. The van der Waals surface area contributed by atoms with Crippen molar-refractivity contribution in [1.82, 2.24) is 0 Å². The number of unbranched alkanes of at least 4 members (excludes halogenated alkanes) is 2. The van der Waals surface area contributed by atoms with E-state index < -0.39 is 4.27 Å². The van der Waals surface area contributed by atoms with Gasteiger partial charge < -0.3 is 0 Å². The van der Waals surface area contributed by atoms with Crippen LogP contribution < -0.4 is 0 Å². The summed E-state index contributed by atoms with van der Waals surface area (Å²) in [5.41, 5.74) is 0. The van der Waals surface area contributed by atoms with Gasteiger partial charge in [0.25, 0.3) is 0 Å². The van der Waals surface area contributed by atoms with E-state index in [1.165, 1.54) is 0 Å². The number of thiol groups is 2. The van der Waals surface area contributed by atoms with E-state index in [-0.39, 0.29) is 0 Å². The first kappa shape index (κ1) is 10.6. The molecule has 0 radical (unpaired) electrons. The van der Waals surface area contributed by atoms with Gasteiger partial charge in [-0.2, -0.15) is 0 Å². The second-order valence-corrected chi connectivity index (χ2v) is 4.09. The maximum absolute atomic E-state index is 8.24. The molecule has 0 aromatic rings. The molecule has 62 valence electrons. The van der Waals surface area contributed by atoms with Gasteiger partial charge in [0, 0.05) is 0 Å². The molecular weight excluding hydrogens is 168 g/mol. The summed E-state index contributed by atoms with van der Waals surface area (Å²) in [6.45, 7) is 2.11. The van der Waals surface area contributed by atoms with E-state index in [9.17, 15) is 0 Å². The molecule has 1 N–H and O–H groups in total. The van der Waals surface area contributed by atoms with Gasteiger partial charge in [-0.15, -0.1) is 25.3 Å². The minimum absolute atomic E-state index is 0.656. The largest absolute Gasteiger partial charge is 0.250 e. The molecule has 0 saturated heterocycles. The Morgan fingerprint density at radius 1 is 1.40 bits per heavy atom. The third kappa shape index (κ3) is 5.41. The molecule has 0 spiro atoms. The van der Waals surface area contributed by atoms with Crippen LogP contribution in [0.15, 0.2) is 0 Å². The van der Waals surface area contributed by atoms with Gasteiger partial charge in [0.05, 0.1) is 0 Å². The normalized spacial score (nSPS) is 12.0. The topological polar surface area (TPSA) is 29.5 Å². The quantitative estimate of drug-likeness (QED) is 0.200. The van der Waals surface area contributed by atoms with Gasteiger partial charge in [0.2, 0.25) is 0 Å². The van der Waals surface area contributed by atoms with E-state index >= 15 is 0 Å². The molecule has 0 heterocycles. The summed E-state index contributed by atoms with van der Waals surface area (Å²) in [7, 11) is 0. The molecule has 0 atom stereocenters. The fourth-order valence-corrected chi connectivity index (χ4v) is 0.967. The Morgan fingerprint density at radius 3 is 2.40 bits per heavy atom. The van der Waals surface area contributed by atoms with Crippen LogP contribution in [0.25, 0.3) is 0 Å². The number of hydrogen-bond donors (Lipinski definition) is 3. The average Bonchev–Trinajstić information content (AvgIpc) is 1.89. The van der Waals surface area contributed by atoms with E-state index in [0.29, 0.717) is 6.42 Å². The molecule has 0 rings (SSSR count). The predicted molar refractivity (Wildman–Crippen MR) is 48.6 cm³/mol. The lowest BCUT2D eigenvalue weighted by atomic mass is 10.2. The number of hydrogen-bond acceptors (Lipinski definition) is 4. The Hall–Kier alpha value is 0.620. The first-order chi connectivity index (χ1) is 4.62. The van der Waals surface area contributed by atoms with Gasteiger partial charge in [-0.25, -0.2) is 10.1 Å². The molecule has 2 nitrogen and oxygen atoms in total. The van der Waals surface area contributed by atoms with Crippen LogP contribution in [0.1, 0.15) is 32.6 Å². The van der Waals surface area contributed by atoms with Crippen molar-refractivity contribution in [3.8, 4) is 0 Å². The lowest BCUT2D eigenvalue weighted by molar-refractivity contribution is -0.265. The van der Waals surface area contributed by atoms with Crippen molar-refractivity contribution in [2.75, 3.05) is 0 Å². The van der Waals surface area contributed by atoms with Gasteiger partial charge in [-0.1, -0.05) is 19.8 Å². The van der Waals surface area contributed by atoms with Crippen molar-refractivity contribution >= 4 is 25.3 Å². The summed E-state index contributed by atoms with van der Waals surface area (Å²) in [6.07, 6.45) is 3.89. The summed E-state index contributed by atoms with van der Waals surface area (Å²) in [5.74, 6) is 0. The minimum Gasteiger partial charge on any atom is -0.250 e. The molecule has 0 aliphatic rings. The highest BCUT2D eigenvalue weighted by Crippen LogP contribution is 2.26. The molecule has 0 aliphatic heterocycles. The van der Waals surface area contributed by atoms with Crippen LogP contribution in [0.2, 0.25) is 0 Å². The van der Waals surface area contributed by atoms with Crippen LogP contribution >= 0.6 is 25.3 Å². The number of rotatable bonds is 5. The third-order valence-corrected chi connectivity index (χ3v) is 1.86. The van der Waals surface area contributed by atoms with E-state index in [0.717, 1.165) is 19.3 Å². The standard InChI is InChI=1S/C6H14O2S2/c1-2-3-4-5-6(9,10)8-7/h7,9-10H,2-5H2,1H3. The molecule has 4 heteroatoms. The zero-order valence-corrected chi connectivity index (χ0v) is 7.87. The maximum atomic E-state index is 8.24. The Bertz CT molecular complexity index is 85.8. The molecule has 0 fully saturated rings. The second-order valence-electron chi connectivity index (χ2n) is 2.29. The van der Waals surface area contributed by atoms with Gasteiger partial charge in [0.1, 0.15) is 0 Å². The summed E-state index contributed by atoms with van der Waals surface area (Å²) < 4.78 is -0.963. The van der Waals surface area contributed by atoms with Crippen molar-refractivity contribution in [3.63, 3.8) is 0 Å². The van der Waals surface area contributed by atoms with Crippen molar-refractivity contribution in [2.24, 2.45) is 0 Å². The summed E-state index contributed by atoms with van der Waals surface area (Å²) in [4.78, 5) is 4.01. The lowest BCUT2D eigenvalue weighted by Crippen LogP contribution is -2.15. The average molecular weight is 182 g/mol. The van der Waals surface area contributed by atoms with Crippen molar-refractivity contribution in [3.05, 3.63) is 0 Å². The van der Waals surface area contributed by atoms with Gasteiger partial charge in [0.15, 0.2) is 4.27 Å². The van der Waals surface area contributed by atoms with Crippen LogP contribution in [0.3, 0.4) is 0 Å². The zero-order chi connectivity index (χ0) is 8.04. The molecule has 10 heavy (non-hydrogen) atoms. The first-order valence-corrected chi connectivity index (χ1v) is 4.29. The van der Waals surface area contributed by atoms with Gasteiger partial charge in [-0.05, 0) is 12.8 Å². The Kier molecular flexibility index (Phi) is 5.62. The van der Waals surface area contributed by atoms with Crippen molar-refractivity contribution in [2.45, 2.75) is 36.9 Å². The zero-order valence-electron chi connectivity index (χ0n) is 6.08. The Morgan fingerprint density at radius 2 is 2.00 bits per heavy atom. The SMILES string of the molecule is CCCCCC(S)(S)OO. The lowest BCUT2D eigenvalue weighted by Gasteiger charge is -2.17. The molecule has 0 saturated carbocycles. The molecular formula is C6H14O2S2. The Balaban J connectivity index is 3.28. The van der Waals surface area contributed by atoms with E-state index in [2.05, 4.69) is 37.1 Å². The highest BCUT2D eigenvalue weighted by Gasteiger charge is 2.19. The van der Waals surface area contributed by atoms with E-state index in [4.69, 9.17) is 5.26 Å². The van der Waals surface area contributed by atoms with Gasteiger partial charge in [-0.3, -0.25) is 0 Å². The van der Waals surface area contributed by atoms with E-state index in [1.807, 2.05) is 0 Å². The fourth-order valence-electron chi connectivity index (χ4n) is 0.651. The van der Waals surface area contributed by atoms with Crippen molar-refractivity contribution < 1.29 is 10.1 Å². The molecule has 0 amide bonds. The fraction of sp³-hybridized carbons (Fsp3) is 1.00. The minimum atomic E-state index is -0.963. The smallest absolute Gasteiger partial charge is 0.189 e. The molecule has 0 bridgehead atoms. The Labute approximate surface area is 72.7 Å². The molecule has 0 aromatic heterocycles. The van der Waals surface area contributed by atoms with Crippen LogP contribution in [0, 0.1) is 0 Å². The van der Waals surface area contributed by atoms with Crippen LogP contribution in [0.5, 0.6) is 0 Å². The van der Waals surface area contributed by atoms with Crippen LogP contribution in [0.4, 0.5) is 0 Å². The predicted octanol–water partition coefficient (Wildman–Crippen LogP) is 2.57. The molecule has 0 unspecified atom stereocenters. The summed E-state index contributed by atoms with van der Waals surface area (Å²) in [6, 6.07) is 0. The highest BCUT2D eigenvalue weighted by atomic mass is 32.2. The van der Waals surface area contributed by atoms with Crippen molar-refractivity contribution in [1.29, 1.82) is 0 Å². The maximum Gasteiger partial charge on any atom is 0.189 e. The van der Waals surface area contributed by atoms with Crippen LogP contribution in [-0.2, 0) is 4.89 Å². The van der Waals surface area contributed by atoms with E-state index in [1.54, 1.807) is 0 Å².